The van der Waals surface area contributed by atoms with Crippen molar-refractivity contribution in [2.75, 3.05) is 5.32 Å². The number of amides is 1. The van der Waals surface area contributed by atoms with Crippen molar-refractivity contribution in [3.05, 3.63) is 52.7 Å². The average molecular weight is 305 g/mol. The van der Waals surface area contributed by atoms with Crippen LogP contribution in [0.5, 0.6) is 5.75 Å². The summed E-state index contributed by atoms with van der Waals surface area (Å²) in [4.78, 5) is 16.4. The third-order valence-electron chi connectivity index (χ3n) is 2.83. The Morgan fingerprint density at radius 1 is 1.29 bits per heavy atom. The van der Waals surface area contributed by atoms with E-state index in [1.165, 1.54) is 0 Å². The molecule has 0 aliphatic carbocycles. The van der Waals surface area contributed by atoms with E-state index in [-0.39, 0.29) is 5.91 Å². The number of pyridine rings is 1. The molecule has 1 amide bonds. The molecule has 110 valence electrons. The number of anilines is 1. The molecular formula is C16H17ClN2O2. The topological polar surface area (TPSA) is 51.2 Å². The van der Waals surface area contributed by atoms with Gasteiger partial charge in [0.25, 0.3) is 5.91 Å². The molecule has 0 unspecified atom stereocenters. The van der Waals surface area contributed by atoms with Crippen LogP contribution in [0.15, 0.2) is 36.4 Å². The van der Waals surface area contributed by atoms with E-state index < -0.39 is 6.10 Å². The van der Waals surface area contributed by atoms with Gasteiger partial charge >= 0.3 is 0 Å². The van der Waals surface area contributed by atoms with E-state index in [1.54, 1.807) is 31.2 Å². The zero-order chi connectivity index (χ0) is 15.4. The molecule has 0 aliphatic rings. The first-order valence-corrected chi connectivity index (χ1v) is 7.00. The number of aromatic nitrogens is 1. The molecule has 1 aromatic heterocycles. The monoisotopic (exact) mass is 304 g/mol. The van der Waals surface area contributed by atoms with Gasteiger partial charge in [0.15, 0.2) is 6.10 Å². The Morgan fingerprint density at radius 3 is 2.71 bits per heavy atom. The molecule has 1 aromatic carbocycles. The Hall–Kier alpha value is -2.07. The Balaban J connectivity index is 2.02. The molecule has 4 nitrogen and oxygen atoms in total. The number of benzene rings is 1. The van der Waals surface area contributed by atoms with Crippen molar-refractivity contribution < 1.29 is 9.53 Å². The quantitative estimate of drug-likeness (QED) is 0.935. The van der Waals surface area contributed by atoms with Gasteiger partial charge in [-0.25, -0.2) is 4.98 Å². The third-order valence-corrected chi connectivity index (χ3v) is 3.06. The Kier molecular flexibility index (Phi) is 4.81. The van der Waals surface area contributed by atoms with Gasteiger partial charge in [0.1, 0.15) is 11.6 Å². The molecule has 0 aliphatic heterocycles. The van der Waals surface area contributed by atoms with Crippen molar-refractivity contribution in [1.82, 2.24) is 4.98 Å². The van der Waals surface area contributed by atoms with Crippen molar-refractivity contribution in [1.29, 1.82) is 0 Å². The molecule has 2 aromatic rings. The van der Waals surface area contributed by atoms with E-state index >= 15 is 0 Å². The number of nitrogens with one attached hydrogen (secondary N) is 1. The van der Waals surface area contributed by atoms with Crippen molar-refractivity contribution in [2.24, 2.45) is 0 Å². The number of halogens is 1. The van der Waals surface area contributed by atoms with Crippen LogP contribution in [0.1, 0.15) is 18.2 Å². The molecule has 0 radical (unpaired) electrons. The van der Waals surface area contributed by atoms with Crippen molar-refractivity contribution in [3.63, 3.8) is 0 Å². The molecule has 0 spiro atoms. The Morgan fingerprint density at radius 2 is 2.05 bits per heavy atom. The zero-order valence-corrected chi connectivity index (χ0v) is 12.9. The fourth-order valence-electron chi connectivity index (χ4n) is 1.93. The van der Waals surface area contributed by atoms with E-state index in [9.17, 15) is 4.79 Å². The fourth-order valence-corrected chi connectivity index (χ4v) is 2.11. The van der Waals surface area contributed by atoms with E-state index in [4.69, 9.17) is 16.3 Å². The van der Waals surface area contributed by atoms with Crippen molar-refractivity contribution in [2.45, 2.75) is 26.9 Å². The molecule has 1 heterocycles. The number of carbonyl (C=O) groups is 1. The maximum atomic E-state index is 12.1. The van der Waals surface area contributed by atoms with E-state index in [2.05, 4.69) is 10.3 Å². The molecule has 0 fully saturated rings. The summed E-state index contributed by atoms with van der Waals surface area (Å²) in [6.45, 7) is 5.52. The molecule has 21 heavy (non-hydrogen) atoms. The summed E-state index contributed by atoms with van der Waals surface area (Å²) in [5, 5.41) is 3.32. The minimum Gasteiger partial charge on any atom is -0.481 e. The summed E-state index contributed by atoms with van der Waals surface area (Å²) in [5.41, 5.74) is 1.90. The number of aryl methyl sites for hydroxylation is 2. The summed E-state index contributed by atoms with van der Waals surface area (Å²) in [6, 6.07) is 10.7. The van der Waals surface area contributed by atoms with E-state index in [0.29, 0.717) is 16.6 Å². The highest BCUT2D eigenvalue weighted by Crippen LogP contribution is 2.18. The average Bonchev–Trinajstić information content (AvgIpc) is 2.37. The Labute approximate surface area is 129 Å². The molecule has 0 saturated carbocycles. The smallest absolute Gasteiger partial charge is 0.266 e. The molecule has 2 rings (SSSR count). The SMILES string of the molecule is Cc1cc(C)nc(NC(=O)[C@@H](C)Oc2cccc(Cl)c2)c1. The van der Waals surface area contributed by atoms with Gasteiger partial charge in [-0.3, -0.25) is 4.79 Å². The second-order valence-electron chi connectivity index (χ2n) is 4.88. The van der Waals surface area contributed by atoms with E-state index in [0.717, 1.165) is 11.3 Å². The number of rotatable bonds is 4. The summed E-state index contributed by atoms with van der Waals surface area (Å²) in [6.07, 6.45) is -0.647. The van der Waals surface area contributed by atoms with Crippen LogP contribution in [-0.4, -0.2) is 17.0 Å². The standard InChI is InChI=1S/C16H17ClN2O2/c1-10-7-11(2)18-15(8-10)19-16(20)12(3)21-14-6-4-5-13(17)9-14/h4-9,12H,1-3H3,(H,18,19,20)/t12-/m1/s1. The van der Waals surface area contributed by atoms with Gasteiger partial charge < -0.3 is 10.1 Å². The highest BCUT2D eigenvalue weighted by molar-refractivity contribution is 6.30. The van der Waals surface area contributed by atoms with Gasteiger partial charge in [0, 0.05) is 10.7 Å². The van der Waals surface area contributed by atoms with Gasteiger partial charge in [-0.2, -0.15) is 0 Å². The van der Waals surface area contributed by atoms with Crippen LogP contribution in [0.2, 0.25) is 5.02 Å². The van der Waals surface area contributed by atoms with Crippen molar-refractivity contribution >= 4 is 23.3 Å². The maximum Gasteiger partial charge on any atom is 0.266 e. The third kappa shape index (κ3) is 4.46. The number of hydrogen-bond acceptors (Lipinski definition) is 3. The summed E-state index contributed by atoms with van der Waals surface area (Å²) in [5.74, 6) is 0.824. The molecule has 1 atom stereocenters. The lowest BCUT2D eigenvalue weighted by atomic mass is 10.2. The van der Waals surface area contributed by atoms with Gasteiger partial charge in [-0.15, -0.1) is 0 Å². The maximum absolute atomic E-state index is 12.1. The van der Waals surface area contributed by atoms with Gasteiger partial charge in [-0.05, 0) is 56.7 Å². The van der Waals surface area contributed by atoms with Crippen LogP contribution < -0.4 is 10.1 Å². The summed E-state index contributed by atoms with van der Waals surface area (Å²) in [7, 11) is 0. The largest absolute Gasteiger partial charge is 0.481 e. The minimum atomic E-state index is -0.647. The van der Waals surface area contributed by atoms with Gasteiger partial charge in [-0.1, -0.05) is 17.7 Å². The number of ether oxygens (including phenoxy) is 1. The minimum absolute atomic E-state index is 0.257. The molecule has 5 heteroatoms. The summed E-state index contributed by atoms with van der Waals surface area (Å²) < 4.78 is 5.57. The van der Waals surface area contributed by atoms with Crippen LogP contribution in [0, 0.1) is 13.8 Å². The normalized spacial score (nSPS) is 11.8. The predicted octanol–water partition coefficient (Wildman–Crippen LogP) is 3.76. The van der Waals surface area contributed by atoms with Crippen LogP contribution in [0.25, 0.3) is 0 Å². The van der Waals surface area contributed by atoms with Crippen LogP contribution in [-0.2, 0) is 4.79 Å². The fraction of sp³-hybridized carbons (Fsp3) is 0.250. The highest BCUT2D eigenvalue weighted by Gasteiger charge is 2.15. The molecule has 1 N–H and O–H groups in total. The first-order chi connectivity index (χ1) is 9.94. The van der Waals surface area contributed by atoms with Gasteiger partial charge in [0.2, 0.25) is 0 Å². The van der Waals surface area contributed by atoms with Crippen LogP contribution in [0.4, 0.5) is 5.82 Å². The van der Waals surface area contributed by atoms with Crippen LogP contribution >= 0.6 is 11.6 Å². The number of carbonyl (C=O) groups excluding carboxylic acids is 1. The number of hydrogen-bond donors (Lipinski definition) is 1. The predicted molar refractivity (Wildman–Crippen MR) is 83.9 cm³/mol. The number of nitrogens with zero attached hydrogens (tertiary/aromatic N) is 1. The zero-order valence-electron chi connectivity index (χ0n) is 12.2. The molecule has 0 saturated heterocycles. The highest BCUT2D eigenvalue weighted by atomic mass is 35.5. The van der Waals surface area contributed by atoms with Gasteiger partial charge in [0.05, 0.1) is 0 Å². The Bertz CT molecular complexity index is 638. The lowest BCUT2D eigenvalue weighted by Gasteiger charge is -2.15. The van der Waals surface area contributed by atoms with Crippen molar-refractivity contribution in [3.8, 4) is 5.75 Å². The second kappa shape index (κ2) is 6.59. The second-order valence-corrected chi connectivity index (χ2v) is 5.31. The summed E-state index contributed by atoms with van der Waals surface area (Å²) >= 11 is 5.88. The molecular weight excluding hydrogens is 288 g/mol. The van der Waals surface area contributed by atoms with Crippen LogP contribution in [0.3, 0.4) is 0 Å². The lowest BCUT2D eigenvalue weighted by Crippen LogP contribution is -2.30. The first-order valence-electron chi connectivity index (χ1n) is 6.62. The first kappa shape index (κ1) is 15.3. The lowest BCUT2D eigenvalue weighted by molar-refractivity contribution is -0.122. The van der Waals surface area contributed by atoms with E-state index in [1.807, 2.05) is 26.0 Å². The molecule has 0 bridgehead atoms.